The fraction of sp³-hybridized carbons (Fsp3) is 0.333. The molecule has 1 aliphatic heterocycles. The van der Waals surface area contributed by atoms with Gasteiger partial charge >= 0.3 is 0 Å². The van der Waals surface area contributed by atoms with Gasteiger partial charge in [0.15, 0.2) is 17.2 Å². The van der Waals surface area contributed by atoms with Gasteiger partial charge in [0.05, 0.1) is 25.5 Å². The molecule has 0 radical (unpaired) electrons. The Labute approximate surface area is 197 Å². The normalized spacial score (nSPS) is 14.5. The highest BCUT2D eigenvalue weighted by atomic mass is 32.2. The van der Waals surface area contributed by atoms with Gasteiger partial charge in [0, 0.05) is 18.2 Å². The SMILES string of the molecule is CCCCSc1nnc2c(n1)OC(c1cccc(OC)c1OC)N(C(C)=O)c1ccccc1-2. The number of thioether (sulfide) groups is 1. The Kier molecular flexibility index (Phi) is 6.98. The van der Waals surface area contributed by atoms with Crippen molar-refractivity contribution in [2.75, 3.05) is 24.9 Å². The Bertz CT molecular complexity index is 1160. The maximum atomic E-state index is 13.0. The largest absolute Gasteiger partial charge is 0.493 e. The number of fused-ring (bicyclic) bond motifs is 3. The molecule has 0 aliphatic carbocycles. The average Bonchev–Trinajstić information content (AvgIpc) is 2.98. The molecule has 1 atom stereocenters. The van der Waals surface area contributed by atoms with Crippen LogP contribution in [-0.2, 0) is 4.79 Å². The Balaban J connectivity index is 1.90. The van der Waals surface area contributed by atoms with E-state index >= 15 is 0 Å². The van der Waals surface area contributed by atoms with Gasteiger partial charge in [-0.05, 0) is 24.6 Å². The third-order valence-electron chi connectivity index (χ3n) is 5.28. The summed E-state index contributed by atoms with van der Waals surface area (Å²) in [4.78, 5) is 19.2. The minimum atomic E-state index is -0.847. The number of unbranched alkanes of at least 4 members (excludes halogenated alkanes) is 1. The van der Waals surface area contributed by atoms with Crippen molar-refractivity contribution in [2.24, 2.45) is 0 Å². The van der Waals surface area contributed by atoms with Gasteiger partial charge < -0.3 is 14.2 Å². The molecular weight excluding hydrogens is 440 g/mol. The molecule has 1 aliphatic rings. The molecule has 33 heavy (non-hydrogen) atoms. The first kappa shape index (κ1) is 22.8. The second-order valence-electron chi connectivity index (χ2n) is 7.41. The Morgan fingerprint density at radius 1 is 1.12 bits per heavy atom. The summed E-state index contributed by atoms with van der Waals surface area (Å²) in [7, 11) is 3.13. The molecule has 1 unspecified atom stereocenters. The number of hydrogen-bond donors (Lipinski definition) is 0. The lowest BCUT2D eigenvalue weighted by Crippen LogP contribution is -2.36. The van der Waals surface area contributed by atoms with Crippen molar-refractivity contribution in [3.8, 4) is 28.6 Å². The van der Waals surface area contributed by atoms with Crippen LogP contribution in [0.5, 0.6) is 17.4 Å². The van der Waals surface area contributed by atoms with Crippen LogP contribution in [0.1, 0.15) is 38.5 Å². The molecule has 8 nitrogen and oxygen atoms in total. The number of rotatable bonds is 7. The molecule has 1 aromatic heterocycles. The summed E-state index contributed by atoms with van der Waals surface area (Å²) in [5, 5.41) is 9.29. The van der Waals surface area contributed by atoms with Crippen molar-refractivity contribution in [1.29, 1.82) is 0 Å². The summed E-state index contributed by atoms with van der Waals surface area (Å²) >= 11 is 1.53. The lowest BCUT2D eigenvalue weighted by Gasteiger charge is -2.31. The Morgan fingerprint density at radius 2 is 1.94 bits per heavy atom. The first-order valence-corrected chi connectivity index (χ1v) is 11.7. The highest BCUT2D eigenvalue weighted by Gasteiger charge is 2.36. The van der Waals surface area contributed by atoms with E-state index in [1.165, 1.54) is 18.7 Å². The van der Waals surface area contributed by atoms with Gasteiger partial charge in [-0.15, -0.1) is 10.2 Å². The molecule has 172 valence electrons. The lowest BCUT2D eigenvalue weighted by atomic mass is 10.1. The quantitative estimate of drug-likeness (QED) is 0.359. The average molecular weight is 467 g/mol. The monoisotopic (exact) mass is 466 g/mol. The molecule has 2 aromatic carbocycles. The van der Waals surface area contributed by atoms with E-state index in [-0.39, 0.29) is 5.91 Å². The first-order chi connectivity index (χ1) is 16.1. The van der Waals surface area contributed by atoms with Gasteiger partial charge in [0.2, 0.25) is 23.2 Å². The zero-order valence-corrected chi connectivity index (χ0v) is 19.9. The van der Waals surface area contributed by atoms with Crippen molar-refractivity contribution in [3.63, 3.8) is 0 Å². The van der Waals surface area contributed by atoms with Crippen molar-refractivity contribution in [2.45, 2.75) is 38.1 Å². The minimum absolute atomic E-state index is 0.198. The number of aromatic nitrogens is 3. The molecule has 1 amide bonds. The van der Waals surface area contributed by atoms with Crippen molar-refractivity contribution < 1.29 is 19.0 Å². The van der Waals surface area contributed by atoms with E-state index in [2.05, 4.69) is 22.1 Å². The zero-order valence-electron chi connectivity index (χ0n) is 19.1. The maximum absolute atomic E-state index is 13.0. The summed E-state index contributed by atoms with van der Waals surface area (Å²) in [5.41, 5.74) is 2.49. The number of ether oxygens (including phenoxy) is 3. The van der Waals surface area contributed by atoms with Crippen LogP contribution in [0.2, 0.25) is 0 Å². The highest BCUT2D eigenvalue weighted by Crippen LogP contribution is 2.46. The molecule has 0 fully saturated rings. The lowest BCUT2D eigenvalue weighted by molar-refractivity contribution is -0.118. The van der Waals surface area contributed by atoms with E-state index in [4.69, 9.17) is 14.2 Å². The van der Waals surface area contributed by atoms with Crippen LogP contribution in [0.15, 0.2) is 47.6 Å². The third-order valence-corrected chi connectivity index (χ3v) is 6.20. The number of anilines is 1. The number of amides is 1. The molecule has 4 rings (SSSR count). The van der Waals surface area contributed by atoms with Crippen molar-refractivity contribution in [3.05, 3.63) is 48.0 Å². The van der Waals surface area contributed by atoms with Crippen LogP contribution in [-0.4, -0.2) is 41.1 Å². The van der Waals surface area contributed by atoms with Crippen LogP contribution in [0.3, 0.4) is 0 Å². The summed E-state index contributed by atoms with van der Waals surface area (Å²) in [6.45, 7) is 3.64. The van der Waals surface area contributed by atoms with E-state index in [9.17, 15) is 4.79 Å². The summed E-state index contributed by atoms with van der Waals surface area (Å²) in [6, 6.07) is 13.0. The van der Waals surface area contributed by atoms with Crippen LogP contribution in [0.25, 0.3) is 11.3 Å². The number of methoxy groups -OCH3 is 2. The molecule has 3 aromatic rings. The van der Waals surface area contributed by atoms with Gasteiger partial charge in [-0.1, -0.05) is 49.4 Å². The number of nitrogens with zero attached hydrogens (tertiary/aromatic N) is 4. The van der Waals surface area contributed by atoms with Crippen LogP contribution in [0.4, 0.5) is 5.69 Å². The first-order valence-electron chi connectivity index (χ1n) is 10.7. The second-order valence-corrected chi connectivity index (χ2v) is 8.47. The fourth-order valence-corrected chi connectivity index (χ4v) is 4.59. The van der Waals surface area contributed by atoms with Gasteiger partial charge in [0.1, 0.15) is 0 Å². The van der Waals surface area contributed by atoms with E-state index < -0.39 is 6.23 Å². The fourth-order valence-electron chi connectivity index (χ4n) is 3.73. The number of benzene rings is 2. The molecular formula is C24H26N4O4S. The Morgan fingerprint density at radius 3 is 2.67 bits per heavy atom. The topological polar surface area (TPSA) is 86.7 Å². The van der Waals surface area contributed by atoms with E-state index in [0.29, 0.717) is 39.5 Å². The molecule has 0 N–H and O–H groups in total. The second kappa shape index (κ2) is 10.1. The van der Waals surface area contributed by atoms with E-state index in [1.807, 2.05) is 36.4 Å². The number of carbonyl (C=O) groups excluding carboxylic acids is 1. The summed E-state index contributed by atoms with van der Waals surface area (Å²) < 4.78 is 17.6. The third kappa shape index (κ3) is 4.45. The van der Waals surface area contributed by atoms with Crippen LogP contribution in [0, 0.1) is 0 Å². The van der Waals surface area contributed by atoms with Gasteiger partial charge in [-0.2, -0.15) is 4.98 Å². The molecule has 0 saturated heterocycles. The summed E-state index contributed by atoms with van der Waals surface area (Å²) in [5.74, 6) is 2.03. The van der Waals surface area contributed by atoms with Crippen molar-refractivity contribution >= 4 is 23.4 Å². The molecule has 2 heterocycles. The van der Waals surface area contributed by atoms with E-state index in [1.54, 1.807) is 25.2 Å². The van der Waals surface area contributed by atoms with Gasteiger partial charge in [-0.3, -0.25) is 9.69 Å². The number of hydrogen-bond acceptors (Lipinski definition) is 8. The van der Waals surface area contributed by atoms with Crippen LogP contribution >= 0.6 is 11.8 Å². The zero-order chi connectivity index (χ0) is 23.4. The molecule has 0 bridgehead atoms. The van der Waals surface area contributed by atoms with Crippen LogP contribution < -0.4 is 19.1 Å². The van der Waals surface area contributed by atoms with Gasteiger partial charge in [0.25, 0.3) is 0 Å². The highest BCUT2D eigenvalue weighted by molar-refractivity contribution is 7.99. The number of carbonyl (C=O) groups is 1. The predicted octanol–water partition coefficient (Wildman–Crippen LogP) is 4.89. The standard InChI is InChI=1S/C24H26N4O4S/c1-5-6-14-33-24-25-22-20(26-27-24)16-10-7-8-12-18(16)28(15(2)29)23(32-22)17-11-9-13-19(30-3)21(17)31-4/h7-13,23H,5-6,14H2,1-4H3. The predicted molar refractivity (Wildman–Crippen MR) is 127 cm³/mol. The van der Waals surface area contributed by atoms with E-state index in [0.717, 1.165) is 24.2 Å². The molecule has 0 saturated carbocycles. The minimum Gasteiger partial charge on any atom is -0.493 e. The smallest absolute Gasteiger partial charge is 0.247 e. The molecule has 0 spiro atoms. The maximum Gasteiger partial charge on any atom is 0.247 e. The van der Waals surface area contributed by atoms with Gasteiger partial charge in [-0.25, -0.2) is 0 Å². The summed E-state index contributed by atoms with van der Waals surface area (Å²) in [6.07, 6.45) is 1.29. The van der Waals surface area contributed by atoms with Crippen molar-refractivity contribution in [1.82, 2.24) is 15.2 Å². The number of para-hydroxylation sites is 2. The Hall–Kier alpha value is -3.33. The molecule has 9 heteroatoms.